The second-order valence-corrected chi connectivity index (χ2v) is 6.52. The van der Waals surface area contributed by atoms with Crippen LogP contribution in [0.5, 0.6) is 5.75 Å². The lowest BCUT2D eigenvalue weighted by molar-refractivity contribution is 0.122. The van der Waals surface area contributed by atoms with Crippen LogP contribution in [0.25, 0.3) is 0 Å². The molecule has 0 aromatic heterocycles. The topological polar surface area (TPSA) is 54.0 Å². The van der Waals surface area contributed by atoms with Crippen LogP contribution in [0.1, 0.15) is 5.56 Å². The normalized spacial score (nSPS) is 13.9. The number of anilines is 1. The van der Waals surface area contributed by atoms with Gasteiger partial charge in [-0.15, -0.1) is 0 Å². The maximum absolute atomic E-state index is 12.2. The van der Waals surface area contributed by atoms with Crippen LogP contribution in [0.2, 0.25) is 0 Å². The second kappa shape index (κ2) is 9.83. The standard InChI is InChI=1S/C21H27N3O3/c1-23(21(25)22-11-14-27-20-5-3-2-4-6-20)17-18-7-9-19(10-8-18)24-12-15-26-16-13-24/h2-10H,11-17H2,1H3,(H,22,25). The third-order valence-electron chi connectivity index (χ3n) is 4.47. The molecule has 6 heteroatoms. The van der Waals surface area contributed by atoms with Gasteiger partial charge in [-0.05, 0) is 29.8 Å². The van der Waals surface area contributed by atoms with E-state index in [9.17, 15) is 4.79 Å². The van der Waals surface area contributed by atoms with E-state index < -0.39 is 0 Å². The van der Waals surface area contributed by atoms with E-state index in [-0.39, 0.29) is 6.03 Å². The molecule has 2 amide bonds. The number of benzene rings is 2. The van der Waals surface area contributed by atoms with Crippen molar-refractivity contribution in [2.45, 2.75) is 6.54 Å². The minimum atomic E-state index is -0.107. The lowest BCUT2D eigenvalue weighted by atomic mass is 10.2. The van der Waals surface area contributed by atoms with Crippen LogP contribution in [0.3, 0.4) is 0 Å². The van der Waals surface area contributed by atoms with E-state index >= 15 is 0 Å². The van der Waals surface area contributed by atoms with E-state index in [1.165, 1.54) is 5.69 Å². The number of carbonyl (C=O) groups excluding carboxylic acids is 1. The van der Waals surface area contributed by atoms with E-state index in [1.54, 1.807) is 11.9 Å². The van der Waals surface area contributed by atoms with Crippen LogP contribution in [0.4, 0.5) is 10.5 Å². The van der Waals surface area contributed by atoms with Gasteiger partial charge in [-0.1, -0.05) is 30.3 Å². The van der Waals surface area contributed by atoms with Gasteiger partial charge >= 0.3 is 6.03 Å². The second-order valence-electron chi connectivity index (χ2n) is 6.52. The molecule has 0 radical (unpaired) electrons. The Kier molecular flexibility index (Phi) is 6.93. The number of carbonyl (C=O) groups is 1. The van der Waals surface area contributed by atoms with Gasteiger partial charge in [0.2, 0.25) is 0 Å². The Morgan fingerprint density at radius 3 is 2.52 bits per heavy atom. The summed E-state index contributed by atoms with van der Waals surface area (Å²) in [6.45, 7) is 4.87. The predicted molar refractivity (Wildman–Crippen MR) is 106 cm³/mol. The molecule has 0 atom stereocenters. The van der Waals surface area contributed by atoms with Crippen LogP contribution in [0.15, 0.2) is 54.6 Å². The predicted octanol–water partition coefficient (Wildman–Crippen LogP) is 2.74. The number of nitrogens with one attached hydrogen (secondary N) is 1. The highest BCUT2D eigenvalue weighted by molar-refractivity contribution is 5.73. The molecule has 2 aromatic rings. The third kappa shape index (κ3) is 5.89. The number of rotatable bonds is 7. The molecular weight excluding hydrogens is 342 g/mol. The van der Waals surface area contributed by atoms with E-state index in [2.05, 4.69) is 34.5 Å². The molecule has 1 saturated heterocycles. The van der Waals surface area contributed by atoms with Crippen molar-refractivity contribution in [3.63, 3.8) is 0 Å². The molecule has 6 nitrogen and oxygen atoms in total. The Labute approximate surface area is 160 Å². The molecule has 1 heterocycles. The molecule has 3 rings (SSSR count). The van der Waals surface area contributed by atoms with Crippen molar-refractivity contribution in [3.8, 4) is 5.75 Å². The van der Waals surface area contributed by atoms with Gasteiger partial charge in [-0.3, -0.25) is 0 Å². The number of para-hydroxylation sites is 1. The molecule has 1 fully saturated rings. The van der Waals surface area contributed by atoms with Crippen molar-refractivity contribution in [1.82, 2.24) is 10.2 Å². The Bertz CT molecular complexity index is 700. The van der Waals surface area contributed by atoms with E-state index in [0.717, 1.165) is 37.6 Å². The van der Waals surface area contributed by atoms with Gasteiger partial charge in [0.25, 0.3) is 0 Å². The Morgan fingerprint density at radius 2 is 1.81 bits per heavy atom. The molecule has 1 N–H and O–H groups in total. The van der Waals surface area contributed by atoms with Crippen molar-refractivity contribution >= 4 is 11.7 Å². The van der Waals surface area contributed by atoms with E-state index in [4.69, 9.17) is 9.47 Å². The molecule has 144 valence electrons. The maximum Gasteiger partial charge on any atom is 0.317 e. The van der Waals surface area contributed by atoms with Gasteiger partial charge < -0.3 is 24.6 Å². The fraction of sp³-hybridized carbons (Fsp3) is 0.381. The van der Waals surface area contributed by atoms with Gasteiger partial charge in [0.15, 0.2) is 0 Å². The Hall–Kier alpha value is -2.73. The van der Waals surface area contributed by atoms with Gasteiger partial charge in [-0.2, -0.15) is 0 Å². The largest absolute Gasteiger partial charge is 0.492 e. The lowest BCUT2D eigenvalue weighted by Gasteiger charge is -2.29. The summed E-state index contributed by atoms with van der Waals surface area (Å²) in [6, 6.07) is 17.8. The molecular formula is C21H27N3O3. The number of hydrogen-bond donors (Lipinski definition) is 1. The number of urea groups is 1. The average molecular weight is 369 g/mol. The van der Waals surface area contributed by atoms with Crippen molar-refractivity contribution in [1.29, 1.82) is 0 Å². The molecule has 0 aliphatic carbocycles. The van der Waals surface area contributed by atoms with Gasteiger partial charge in [0.1, 0.15) is 12.4 Å². The summed E-state index contributed by atoms with van der Waals surface area (Å²) in [4.78, 5) is 16.2. The summed E-state index contributed by atoms with van der Waals surface area (Å²) in [5.74, 6) is 0.806. The first-order chi connectivity index (χ1) is 13.2. The fourth-order valence-electron chi connectivity index (χ4n) is 2.96. The number of nitrogens with zero attached hydrogens (tertiary/aromatic N) is 2. The van der Waals surface area contributed by atoms with Crippen LogP contribution < -0.4 is 15.0 Å². The summed E-state index contributed by atoms with van der Waals surface area (Å²) in [6.07, 6.45) is 0. The monoisotopic (exact) mass is 369 g/mol. The van der Waals surface area contributed by atoms with Crippen LogP contribution in [-0.4, -0.2) is 57.4 Å². The van der Waals surface area contributed by atoms with Crippen LogP contribution in [-0.2, 0) is 11.3 Å². The highest BCUT2D eigenvalue weighted by atomic mass is 16.5. The van der Waals surface area contributed by atoms with Gasteiger partial charge in [0.05, 0.1) is 19.8 Å². The van der Waals surface area contributed by atoms with Crippen molar-refractivity contribution in [2.24, 2.45) is 0 Å². The number of amides is 2. The van der Waals surface area contributed by atoms with E-state index in [0.29, 0.717) is 19.7 Å². The highest BCUT2D eigenvalue weighted by Crippen LogP contribution is 2.17. The van der Waals surface area contributed by atoms with Crippen LogP contribution >= 0.6 is 0 Å². The molecule has 0 spiro atoms. The lowest BCUT2D eigenvalue weighted by Crippen LogP contribution is -2.38. The Balaban J connectivity index is 1.39. The molecule has 27 heavy (non-hydrogen) atoms. The zero-order valence-corrected chi connectivity index (χ0v) is 15.8. The first-order valence-corrected chi connectivity index (χ1v) is 9.31. The number of morpholine rings is 1. The highest BCUT2D eigenvalue weighted by Gasteiger charge is 2.12. The summed E-state index contributed by atoms with van der Waals surface area (Å²) in [7, 11) is 1.79. The van der Waals surface area contributed by atoms with Crippen LogP contribution in [0, 0.1) is 0 Å². The third-order valence-corrected chi connectivity index (χ3v) is 4.47. The number of hydrogen-bond acceptors (Lipinski definition) is 4. The molecule has 0 unspecified atom stereocenters. The van der Waals surface area contributed by atoms with E-state index in [1.807, 2.05) is 30.3 Å². The van der Waals surface area contributed by atoms with Crippen molar-refractivity contribution in [3.05, 3.63) is 60.2 Å². The quantitative estimate of drug-likeness (QED) is 0.763. The number of ether oxygens (including phenoxy) is 2. The summed E-state index contributed by atoms with van der Waals surface area (Å²) >= 11 is 0. The average Bonchev–Trinajstić information content (AvgIpc) is 2.73. The first-order valence-electron chi connectivity index (χ1n) is 9.31. The first kappa shape index (κ1) is 19.0. The maximum atomic E-state index is 12.2. The van der Waals surface area contributed by atoms with Gasteiger partial charge in [0, 0.05) is 32.4 Å². The molecule has 2 aromatic carbocycles. The summed E-state index contributed by atoms with van der Waals surface area (Å²) in [5.41, 5.74) is 2.30. The summed E-state index contributed by atoms with van der Waals surface area (Å²) in [5, 5.41) is 2.88. The van der Waals surface area contributed by atoms with Crippen molar-refractivity contribution < 1.29 is 14.3 Å². The SMILES string of the molecule is CN(Cc1ccc(N2CCOCC2)cc1)C(=O)NCCOc1ccccc1. The zero-order chi connectivity index (χ0) is 18.9. The Morgan fingerprint density at radius 1 is 1.11 bits per heavy atom. The fourth-order valence-corrected chi connectivity index (χ4v) is 2.96. The molecule has 1 aliphatic rings. The molecule has 0 bridgehead atoms. The minimum Gasteiger partial charge on any atom is -0.492 e. The smallest absolute Gasteiger partial charge is 0.317 e. The molecule has 1 aliphatic heterocycles. The molecule has 0 saturated carbocycles. The van der Waals surface area contributed by atoms with Crippen molar-refractivity contribution in [2.75, 3.05) is 51.4 Å². The summed E-state index contributed by atoms with van der Waals surface area (Å²) < 4.78 is 11.0. The minimum absolute atomic E-state index is 0.107. The zero-order valence-electron chi connectivity index (χ0n) is 15.8. The van der Waals surface area contributed by atoms with Gasteiger partial charge in [-0.25, -0.2) is 4.79 Å².